The van der Waals surface area contributed by atoms with E-state index in [1.807, 2.05) is 6.07 Å². The van der Waals surface area contributed by atoms with E-state index in [-0.39, 0.29) is 12.2 Å². The van der Waals surface area contributed by atoms with Crippen LogP contribution in [0.5, 0.6) is 0 Å². The lowest BCUT2D eigenvalue weighted by atomic mass is 10.1. The number of benzene rings is 1. The quantitative estimate of drug-likeness (QED) is 0.609. The van der Waals surface area contributed by atoms with Crippen LogP contribution in [0.2, 0.25) is 0 Å². The first kappa shape index (κ1) is 12.4. The van der Waals surface area contributed by atoms with E-state index < -0.39 is 10.5 Å². The summed E-state index contributed by atoms with van der Waals surface area (Å²) in [5.74, 6) is 0. The molecular weight excluding hydrogens is 248 g/mol. The van der Waals surface area contributed by atoms with Crippen LogP contribution in [-0.2, 0) is 6.54 Å². The van der Waals surface area contributed by atoms with Crippen molar-refractivity contribution < 1.29 is 4.92 Å². The topological polar surface area (TPSA) is 102 Å². The summed E-state index contributed by atoms with van der Waals surface area (Å²) in [6, 6.07) is 10.5. The minimum Gasteiger partial charge on any atom is -0.268 e. The lowest BCUT2D eigenvalue weighted by Crippen LogP contribution is -2.21. The number of nitro benzene ring substituents is 1. The second kappa shape index (κ2) is 5.10. The molecule has 0 unspecified atom stereocenters. The third-order valence-corrected chi connectivity index (χ3v) is 2.44. The van der Waals surface area contributed by atoms with Crippen molar-refractivity contribution in [3.05, 3.63) is 56.9 Å². The van der Waals surface area contributed by atoms with Crippen molar-refractivity contribution in [2.24, 2.45) is 0 Å². The molecule has 1 heterocycles. The Morgan fingerprint density at radius 2 is 2.16 bits per heavy atom. The molecule has 0 atom stereocenters. The summed E-state index contributed by atoms with van der Waals surface area (Å²) in [4.78, 5) is 21.6. The molecular formula is C12H8N4O3. The van der Waals surface area contributed by atoms with E-state index in [0.29, 0.717) is 11.3 Å². The van der Waals surface area contributed by atoms with Crippen molar-refractivity contribution in [1.82, 2.24) is 9.78 Å². The third-order valence-electron chi connectivity index (χ3n) is 2.44. The van der Waals surface area contributed by atoms with Crippen molar-refractivity contribution >= 4 is 5.69 Å². The van der Waals surface area contributed by atoms with Gasteiger partial charge in [-0.3, -0.25) is 14.9 Å². The molecule has 2 rings (SSSR count). The van der Waals surface area contributed by atoms with Gasteiger partial charge < -0.3 is 0 Å². The molecule has 0 aliphatic carbocycles. The zero-order chi connectivity index (χ0) is 13.8. The Morgan fingerprint density at radius 3 is 2.84 bits per heavy atom. The van der Waals surface area contributed by atoms with Crippen LogP contribution in [0.15, 0.2) is 41.2 Å². The van der Waals surface area contributed by atoms with Crippen LogP contribution in [0.4, 0.5) is 5.69 Å². The summed E-state index contributed by atoms with van der Waals surface area (Å²) in [6.45, 7) is -0.165. The van der Waals surface area contributed by atoms with E-state index in [0.717, 1.165) is 4.68 Å². The van der Waals surface area contributed by atoms with Crippen LogP contribution >= 0.6 is 0 Å². The first-order chi connectivity index (χ1) is 9.11. The van der Waals surface area contributed by atoms with Crippen molar-refractivity contribution in [1.29, 1.82) is 5.26 Å². The number of rotatable bonds is 3. The second-order valence-corrected chi connectivity index (χ2v) is 3.68. The molecule has 0 radical (unpaired) electrons. The maximum atomic E-state index is 11.4. The maximum Gasteiger partial charge on any atom is 0.270 e. The highest BCUT2D eigenvalue weighted by Crippen LogP contribution is 2.21. The Hall–Kier alpha value is -3.01. The fraction of sp³-hybridized carbons (Fsp3) is 0.0833. The van der Waals surface area contributed by atoms with Crippen LogP contribution in [0.1, 0.15) is 0 Å². The zero-order valence-electron chi connectivity index (χ0n) is 9.68. The van der Waals surface area contributed by atoms with Gasteiger partial charge in [-0.2, -0.15) is 10.4 Å². The molecule has 0 N–H and O–H groups in total. The predicted molar refractivity (Wildman–Crippen MR) is 66.2 cm³/mol. The van der Waals surface area contributed by atoms with Gasteiger partial charge in [-0.15, -0.1) is 0 Å². The smallest absolute Gasteiger partial charge is 0.268 e. The van der Waals surface area contributed by atoms with Crippen molar-refractivity contribution in [3.63, 3.8) is 0 Å². The van der Waals surface area contributed by atoms with E-state index in [1.165, 1.54) is 30.3 Å². The molecule has 0 aliphatic heterocycles. The molecule has 0 spiro atoms. The Balaban J connectivity index is 2.50. The number of aromatic nitrogens is 2. The number of hydrogen-bond acceptors (Lipinski definition) is 5. The Labute approximate surface area is 107 Å². The zero-order valence-corrected chi connectivity index (χ0v) is 9.68. The van der Waals surface area contributed by atoms with Gasteiger partial charge in [0.05, 0.1) is 16.7 Å². The largest absolute Gasteiger partial charge is 0.270 e. The van der Waals surface area contributed by atoms with Gasteiger partial charge in [0, 0.05) is 23.8 Å². The number of nitrogens with zero attached hydrogens (tertiary/aromatic N) is 4. The van der Waals surface area contributed by atoms with Gasteiger partial charge in [-0.1, -0.05) is 12.1 Å². The fourth-order valence-corrected chi connectivity index (χ4v) is 1.56. The molecule has 19 heavy (non-hydrogen) atoms. The van der Waals surface area contributed by atoms with E-state index >= 15 is 0 Å². The normalized spacial score (nSPS) is 9.84. The fourth-order valence-electron chi connectivity index (χ4n) is 1.56. The molecule has 0 saturated heterocycles. The Bertz CT molecular complexity index is 730. The molecule has 0 amide bonds. The lowest BCUT2D eigenvalue weighted by molar-refractivity contribution is -0.384. The molecule has 7 nitrogen and oxygen atoms in total. The van der Waals surface area contributed by atoms with Gasteiger partial charge in [-0.05, 0) is 6.07 Å². The highest BCUT2D eigenvalue weighted by molar-refractivity contribution is 5.61. The summed E-state index contributed by atoms with van der Waals surface area (Å²) in [6.07, 6.45) is 0. The molecule has 2 aromatic rings. The summed E-state index contributed by atoms with van der Waals surface area (Å²) < 4.78 is 1.01. The van der Waals surface area contributed by atoms with Crippen LogP contribution in [0.25, 0.3) is 11.3 Å². The number of non-ortho nitro benzene ring substituents is 1. The Morgan fingerprint density at radius 1 is 1.37 bits per heavy atom. The first-order valence-electron chi connectivity index (χ1n) is 5.32. The van der Waals surface area contributed by atoms with Gasteiger partial charge in [0.1, 0.15) is 6.54 Å². The Kier molecular flexibility index (Phi) is 3.34. The van der Waals surface area contributed by atoms with E-state index in [1.54, 1.807) is 6.07 Å². The number of hydrogen-bond donors (Lipinski definition) is 0. The highest BCUT2D eigenvalue weighted by Gasteiger charge is 2.09. The SMILES string of the molecule is N#CCn1nc(-c2cccc([N+](=O)[O-])c2)ccc1=O. The van der Waals surface area contributed by atoms with Gasteiger partial charge >= 0.3 is 0 Å². The molecule has 7 heteroatoms. The molecule has 94 valence electrons. The summed E-state index contributed by atoms with van der Waals surface area (Å²) >= 11 is 0. The molecule has 0 aliphatic rings. The molecule has 1 aromatic carbocycles. The average Bonchev–Trinajstić information content (AvgIpc) is 2.41. The summed E-state index contributed by atoms with van der Waals surface area (Å²) in [7, 11) is 0. The van der Waals surface area contributed by atoms with E-state index in [2.05, 4.69) is 5.10 Å². The van der Waals surface area contributed by atoms with Crippen LogP contribution in [-0.4, -0.2) is 14.7 Å². The standard InChI is InChI=1S/C12H8N4O3/c13-6-7-15-12(17)5-4-11(14-15)9-2-1-3-10(8-9)16(18)19/h1-5,8H,7H2. The summed E-state index contributed by atoms with van der Waals surface area (Å²) in [5.41, 5.74) is 0.465. The lowest BCUT2D eigenvalue weighted by Gasteiger charge is -2.03. The second-order valence-electron chi connectivity index (χ2n) is 3.68. The molecule has 0 bridgehead atoms. The monoisotopic (exact) mass is 256 g/mol. The minimum absolute atomic E-state index is 0.0580. The van der Waals surface area contributed by atoms with Gasteiger partial charge in [0.15, 0.2) is 0 Å². The number of nitriles is 1. The van der Waals surface area contributed by atoms with Crippen LogP contribution in [0, 0.1) is 21.4 Å². The summed E-state index contributed by atoms with van der Waals surface area (Å²) in [5, 5.41) is 23.3. The van der Waals surface area contributed by atoms with Crippen LogP contribution < -0.4 is 5.56 Å². The minimum atomic E-state index is -0.505. The third kappa shape index (κ3) is 2.63. The van der Waals surface area contributed by atoms with Gasteiger partial charge in [0.2, 0.25) is 0 Å². The predicted octanol–water partition coefficient (Wildman–Crippen LogP) is 1.34. The highest BCUT2D eigenvalue weighted by atomic mass is 16.6. The van der Waals surface area contributed by atoms with E-state index in [9.17, 15) is 14.9 Å². The molecule has 0 saturated carbocycles. The van der Waals surface area contributed by atoms with Crippen molar-refractivity contribution in [2.45, 2.75) is 6.54 Å². The average molecular weight is 256 g/mol. The van der Waals surface area contributed by atoms with Crippen molar-refractivity contribution in [3.8, 4) is 17.3 Å². The van der Waals surface area contributed by atoms with Gasteiger partial charge in [0.25, 0.3) is 11.2 Å². The maximum absolute atomic E-state index is 11.4. The first-order valence-corrected chi connectivity index (χ1v) is 5.32. The number of nitro groups is 1. The van der Waals surface area contributed by atoms with Crippen LogP contribution in [0.3, 0.4) is 0 Å². The molecule has 0 fully saturated rings. The van der Waals surface area contributed by atoms with Gasteiger partial charge in [-0.25, -0.2) is 4.68 Å². The van der Waals surface area contributed by atoms with Crippen molar-refractivity contribution in [2.75, 3.05) is 0 Å². The van der Waals surface area contributed by atoms with E-state index in [4.69, 9.17) is 5.26 Å². The molecule has 1 aromatic heterocycles.